The van der Waals surface area contributed by atoms with Gasteiger partial charge >= 0.3 is 0 Å². The minimum atomic E-state index is -0.541. The number of aryl methyl sites for hydroxylation is 2. The first kappa shape index (κ1) is 18.0. The molecule has 5 nitrogen and oxygen atoms in total. The second-order valence-corrected chi connectivity index (χ2v) is 6.03. The molecule has 2 rings (SSSR count). The molecule has 0 saturated carbocycles. The standard InChI is InChI=1S/C18H23FN4O/c1-12-10-13(2)22-16(21-12)8-9-20-18(24)17(23(3)4)14-6-5-7-15(19)11-14/h5-7,10-11,17H,8-9H2,1-4H3,(H,20,24). The SMILES string of the molecule is Cc1cc(C)nc(CCNC(=O)C(c2cccc(F)c2)N(C)C)n1. The highest BCUT2D eigenvalue weighted by atomic mass is 19.1. The monoisotopic (exact) mass is 330 g/mol. The molecule has 128 valence electrons. The zero-order valence-electron chi connectivity index (χ0n) is 14.5. The highest BCUT2D eigenvalue weighted by Crippen LogP contribution is 2.19. The molecule has 1 amide bonds. The Balaban J connectivity index is 2.01. The lowest BCUT2D eigenvalue weighted by Crippen LogP contribution is -2.38. The Morgan fingerprint density at radius 2 is 1.88 bits per heavy atom. The maximum Gasteiger partial charge on any atom is 0.241 e. The summed E-state index contributed by atoms with van der Waals surface area (Å²) >= 11 is 0. The van der Waals surface area contributed by atoms with Crippen LogP contribution in [0.2, 0.25) is 0 Å². The molecule has 0 bridgehead atoms. The van der Waals surface area contributed by atoms with Gasteiger partial charge in [-0.25, -0.2) is 14.4 Å². The second kappa shape index (κ2) is 7.97. The molecule has 0 saturated heterocycles. The number of aromatic nitrogens is 2. The smallest absolute Gasteiger partial charge is 0.241 e. The largest absolute Gasteiger partial charge is 0.354 e. The third kappa shape index (κ3) is 4.83. The Bertz CT molecular complexity index is 698. The van der Waals surface area contributed by atoms with Crippen LogP contribution in [0.15, 0.2) is 30.3 Å². The van der Waals surface area contributed by atoms with E-state index in [1.54, 1.807) is 31.1 Å². The molecule has 0 spiro atoms. The van der Waals surface area contributed by atoms with Gasteiger partial charge in [-0.1, -0.05) is 12.1 Å². The van der Waals surface area contributed by atoms with Gasteiger partial charge in [0.05, 0.1) is 0 Å². The van der Waals surface area contributed by atoms with Crippen molar-refractivity contribution in [2.75, 3.05) is 20.6 Å². The van der Waals surface area contributed by atoms with Crippen LogP contribution in [0.25, 0.3) is 0 Å². The van der Waals surface area contributed by atoms with Crippen LogP contribution < -0.4 is 5.32 Å². The average Bonchev–Trinajstić information content (AvgIpc) is 2.46. The highest BCUT2D eigenvalue weighted by molar-refractivity contribution is 5.83. The zero-order valence-corrected chi connectivity index (χ0v) is 14.5. The molecule has 0 aliphatic carbocycles. The van der Waals surface area contributed by atoms with Crippen LogP contribution in [-0.4, -0.2) is 41.4 Å². The number of hydrogen-bond acceptors (Lipinski definition) is 4. The van der Waals surface area contributed by atoms with Crippen molar-refractivity contribution in [1.82, 2.24) is 20.2 Å². The summed E-state index contributed by atoms with van der Waals surface area (Å²) in [5.41, 5.74) is 2.45. The quantitative estimate of drug-likeness (QED) is 0.882. The molecule has 0 aliphatic rings. The van der Waals surface area contributed by atoms with E-state index in [0.29, 0.717) is 24.4 Å². The number of nitrogens with one attached hydrogen (secondary N) is 1. The fourth-order valence-corrected chi connectivity index (χ4v) is 2.67. The minimum Gasteiger partial charge on any atom is -0.354 e. The van der Waals surface area contributed by atoms with Crippen LogP contribution in [0.5, 0.6) is 0 Å². The van der Waals surface area contributed by atoms with Crippen LogP contribution >= 0.6 is 0 Å². The molecular weight excluding hydrogens is 307 g/mol. The van der Waals surface area contributed by atoms with Crippen molar-refractivity contribution in [3.05, 3.63) is 58.9 Å². The Morgan fingerprint density at radius 1 is 1.21 bits per heavy atom. The summed E-state index contributed by atoms with van der Waals surface area (Å²) in [6.45, 7) is 4.27. The van der Waals surface area contributed by atoms with E-state index < -0.39 is 6.04 Å². The number of nitrogens with zero attached hydrogens (tertiary/aromatic N) is 3. The first-order valence-corrected chi connectivity index (χ1v) is 7.87. The van der Waals surface area contributed by atoms with Crippen molar-refractivity contribution < 1.29 is 9.18 Å². The maximum atomic E-state index is 13.4. The molecular formula is C18H23FN4O. The van der Waals surface area contributed by atoms with Gasteiger partial charge in [-0.05, 0) is 51.7 Å². The molecule has 6 heteroatoms. The molecule has 2 aromatic rings. The normalized spacial score (nSPS) is 12.2. The van der Waals surface area contributed by atoms with Gasteiger partial charge in [-0.3, -0.25) is 9.69 Å². The Morgan fingerprint density at radius 3 is 2.46 bits per heavy atom. The number of benzene rings is 1. The van der Waals surface area contributed by atoms with Gasteiger partial charge < -0.3 is 5.32 Å². The topological polar surface area (TPSA) is 58.1 Å². The summed E-state index contributed by atoms with van der Waals surface area (Å²) in [5.74, 6) is 0.186. The lowest BCUT2D eigenvalue weighted by Gasteiger charge is -2.23. The summed E-state index contributed by atoms with van der Waals surface area (Å²) in [4.78, 5) is 23.0. The summed E-state index contributed by atoms with van der Waals surface area (Å²) in [5, 5.41) is 2.89. The number of hydrogen-bond donors (Lipinski definition) is 1. The number of amides is 1. The van der Waals surface area contributed by atoms with Crippen molar-refractivity contribution in [2.24, 2.45) is 0 Å². The van der Waals surface area contributed by atoms with Crippen molar-refractivity contribution >= 4 is 5.91 Å². The minimum absolute atomic E-state index is 0.171. The van der Waals surface area contributed by atoms with E-state index >= 15 is 0 Å². The van der Waals surface area contributed by atoms with Gasteiger partial charge in [0.2, 0.25) is 5.91 Å². The summed E-state index contributed by atoms with van der Waals surface area (Å²) in [6, 6.07) is 7.48. The number of carbonyl (C=O) groups excluding carboxylic acids is 1. The van der Waals surface area contributed by atoms with Crippen molar-refractivity contribution in [3.63, 3.8) is 0 Å². The first-order valence-electron chi connectivity index (χ1n) is 7.87. The van der Waals surface area contributed by atoms with Crippen molar-refractivity contribution in [2.45, 2.75) is 26.3 Å². The zero-order chi connectivity index (χ0) is 17.7. The van der Waals surface area contributed by atoms with Crippen LogP contribution in [0.3, 0.4) is 0 Å². The van der Waals surface area contributed by atoms with E-state index in [2.05, 4.69) is 15.3 Å². The lowest BCUT2D eigenvalue weighted by molar-refractivity contribution is -0.125. The van der Waals surface area contributed by atoms with Crippen molar-refractivity contribution in [1.29, 1.82) is 0 Å². The van der Waals surface area contributed by atoms with E-state index in [1.165, 1.54) is 12.1 Å². The van der Waals surface area contributed by atoms with E-state index in [0.717, 1.165) is 11.4 Å². The van der Waals surface area contributed by atoms with Crippen LogP contribution in [-0.2, 0) is 11.2 Å². The number of likely N-dealkylation sites (N-methyl/N-ethyl adjacent to an activating group) is 1. The van der Waals surface area contributed by atoms with Crippen LogP contribution in [0, 0.1) is 19.7 Å². The van der Waals surface area contributed by atoms with Gasteiger partial charge in [0.1, 0.15) is 17.7 Å². The molecule has 1 unspecified atom stereocenters. The lowest BCUT2D eigenvalue weighted by atomic mass is 10.1. The maximum absolute atomic E-state index is 13.4. The van der Waals surface area contributed by atoms with Crippen LogP contribution in [0.4, 0.5) is 4.39 Å². The van der Waals surface area contributed by atoms with Gasteiger partial charge in [-0.15, -0.1) is 0 Å². The highest BCUT2D eigenvalue weighted by Gasteiger charge is 2.22. The van der Waals surface area contributed by atoms with Gasteiger partial charge in [0, 0.05) is 24.4 Å². The second-order valence-electron chi connectivity index (χ2n) is 6.03. The van der Waals surface area contributed by atoms with Crippen LogP contribution in [0.1, 0.15) is 28.8 Å². The fraction of sp³-hybridized carbons (Fsp3) is 0.389. The van der Waals surface area contributed by atoms with Gasteiger partial charge in [0.15, 0.2) is 0 Å². The third-order valence-corrected chi connectivity index (χ3v) is 3.61. The molecule has 1 heterocycles. The molecule has 1 aromatic heterocycles. The molecule has 0 fully saturated rings. The van der Waals surface area contributed by atoms with E-state index in [1.807, 2.05) is 19.9 Å². The molecule has 1 N–H and O–H groups in total. The average molecular weight is 330 g/mol. The van der Waals surface area contributed by atoms with E-state index in [-0.39, 0.29) is 11.7 Å². The molecule has 1 aromatic carbocycles. The molecule has 1 atom stereocenters. The molecule has 0 radical (unpaired) electrons. The summed E-state index contributed by atoms with van der Waals surface area (Å²) in [7, 11) is 3.59. The third-order valence-electron chi connectivity index (χ3n) is 3.61. The number of halogens is 1. The fourth-order valence-electron chi connectivity index (χ4n) is 2.67. The predicted octanol–water partition coefficient (Wildman–Crippen LogP) is 2.19. The predicted molar refractivity (Wildman–Crippen MR) is 91.0 cm³/mol. The van der Waals surface area contributed by atoms with E-state index in [4.69, 9.17) is 0 Å². The Kier molecular flexibility index (Phi) is 5.98. The number of carbonyl (C=O) groups is 1. The first-order chi connectivity index (χ1) is 11.4. The molecule has 24 heavy (non-hydrogen) atoms. The summed E-state index contributed by atoms with van der Waals surface area (Å²) in [6.07, 6.45) is 0.553. The van der Waals surface area contributed by atoms with Gasteiger partial charge in [-0.2, -0.15) is 0 Å². The summed E-state index contributed by atoms with van der Waals surface area (Å²) < 4.78 is 13.4. The van der Waals surface area contributed by atoms with Crippen molar-refractivity contribution in [3.8, 4) is 0 Å². The Labute approximate surface area is 141 Å². The number of rotatable bonds is 6. The van der Waals surface area contributed by atoms with Gasteiger partial charge in [0.25, 0.3) is 0 Å². The van der Waals surface area contributed by atoms with E-state index in [9.17, 15) is 9.18 Å². The molecule has 0 aliphatic heterocycles. The Hall–Kier alpha value is -2.34.